The minimum Gasteiger partial charge on any atom is -0.383 e. The van der Waals surface area contributed by atoms with Gasteiger partial charge in [0.05, 0.1) is 5.39 Å². The number of carbonyl (C=O) groups is 1. The number of carbonyl (C=O) groups excluding carboxylic acids is 1. The monoisotopic (exact) mass is 579 g/mol. The highest BCUT2D eigenvalue weighted by molar-refractivity contribution is 6.04. The number of nitrogens with one attached hydrogen (secondary N) is 1. The molecule has 3 N–H and O–H groups in total. The van der Waals surface area contributed by atoms with E-state index in [1.165, 1.54) is 53.5 Å². The minimum atomic E-state index is -4.52. The van der Waals surface area contributed by atoms with Gasteiger partial charge in [0, 0.05) is 35.2 Å². The number of benzene rings is 2. The van der Waals surface area contributed by atoms with Gasteiger partial charge in [0.25, 0.3) is 5.91 Å². The molecule has 0 fully saturated rings. The molecule has 0 radical (unpaired) electrons. The van der Waals surface area contributed by atoms with Gasteiger partial charge in [-0.25, -0.2) is 14.4 Å². The third kappa shape index (κ3) is 5.32. The predicted octanol–water partition coefficient (Wildman–Crippen LogP) is 6.00. The largest absolute Gasteiger partial charge is 0.408 e. The van der Waals surface area contributed by atoms with Gasteiger partial charge in [0.15, 0.2) is 5.69 Å². The highest BCUT2D eigenvalue weighted by atomic mass is 19.4. The number of halogens is 4. The van der Waals surface area contributed by atoms with Crippen LogP contribution in [-0.4, -0.2) is 36.4 Å². The lowest BCUT2D eigenvalue weighted by molar-refractivity contribution is -0.162. The van der Waals surface area contributed by atoms with Crippen molar-refractivity contribution in [3.8, 4) is 22.3 Å². The van der Waals surface area contributed by atoms with Crippen LogP contribution < -0.4 is 16.5 Å². The van der Waals surface area contributed by atoms with E-state index < -0.39 is 29.4 Å². The van der Waals surface area contributed by atoms with E-state index >= 15 is 0 Å². The molecule has 42 heavy (non-hydrogen) atoms. The molecule has 3 aromatic heterocycles. The Morgan fingerprint density at radius 3 is 2.17 bits per heavy atom. The fourth-order valence-corrected chi connectivity index (χ4v) is 4.46. The molecule has 1 amide bonds. The minimum absolute atomic E-state index is 0.0223. The van der Waals surface area contributed by atoms with Crippen LogP contribution in [0.15, 0.2) is 72.0 Å². The number of nitrogens with two attached hydrogens (primary N) is 1. The van der Waals surface area contributed by atoms with E-state index in [9.17, 15) is 27.2 Å². The molecule has 2 aromatic carbocycles. The Morgan fingerprint density at radius 1 is 0.929 bits per heavy atom. The molecule has 1 unspecified atom stereocenters. The molecule has 0 aliphatic heterocycles. The highest BCUT2D eigenvalue weighted by Gasteiger charge is 2.38. The summed E-state index contributed by atoms with van der Waals surface area (Å²) in [5, 5.41) is 7.13. The van der Waals surface area contributed by atoms with Crippen molar-refractivity contribution >= 4 is 28.4 Å². The van der Waals surface area contributed by atoms with E-state index in [1.54, 1.807) is 12.1 Å². The first-order valence-electron chi connectivity index (χ1n) is 12.8. The van der Waals surface area contributed by atoms with Crippen molar-refractivity contribution in [2.24, 2.45) is 0 Å². The van der Waals surface area contributed by atoms with E-state index in [0.29, 0.717) is 22.4 Å². The van der Waals surface area contributed by atoms with Gasteiger partial charge in [-0.2, -0.15) is 18.3 Å². The van der Waals surface area contributed by atoms with Crippen molar-refractivity contribution in [3.63, 3.8) is 0 Å². The van der Waals surface area contributed by atoms with Gasteiger partial charge in [0.2, 0.25) is 5.43 Å². The van der Waals surface area contributed by atoms with Crippen molar-refractivity contribution in [2.75, 3.05) is 11.1 Å². The average molecular weight is 580 g/mol. The number of anilines is 2. The smallest absolute Gasteiger partial charge is 0.383 e. The fourth-order valence-electron chi connectivity index (χ4n) is 4.46. The van der Waals surface area contributed by atoms with Crippen LogP contribution in [0, 0.1) is 5.82 Å². The number of hydrogen-bond acceptors (Lipinski definition) is 6. The molecule has 0 saturated heterocycles. The summed E-state index contributed by atoms with van der Waals surface area (Å²) in [4.78, 5) is 34.4. The van der Waals surface area contributed by atoms with Gasteiger partial charge in [-0.1, -0.05) is 24.3 Å². The summed E-state index contributed by atoms with van der Waals surface area (Å²) >= 11 is 0. The molecule has 9 nitrogen and oxygen atoms in total. The van der Waals surface area contributed by atoms with Crippen molar-refractivity contribution in [3.05, 3.63) is 89.0 Å². The Kier molecular flexibility index (Phi) is 7.27. The summed E-state index contributed by atoms with van der Waals surface area (Å²) in [5.41, 5.74) is 6.88. The summed E-state index contributed by atoms with van der Waals surface area (Å²) < 4.78 is 56.6. The summed E-state index contributed by atoms with van der Waals surface area (Å²) in [7, 11) is 0. The lowest BCUT2D eigenvalue weighted by Crippen LogP contribution is -2.28. The van der Waals surface area contributed by atoms with E-state index in [-0.39, 0.29) is 34.2 Å². The first kappa shape index (κ1) is 28.5. The topological polar surface area (TPSA) is 121 Å². The predicted molar refractivity (Wildman–Crippen MR) is 150 cm³/mol. The van der Waals surface area contributed by atoms with Crippen LogP contribution in [0.3, 0.4) is 0 Å². The van der Waals surface area contributed by atoms with Crippen LogP contribution in [0.5, 0.6) is 0 Å². The normalized spacial score (nSPS) is 12.6. The highest BCUT2D eigenvalue weighted by Crippen LogP contribution is 2.38. The summed E-state index contributed by atoms with van der Waals surface area (Å²) in [5.74, 6) is -1.21. The van der Waals surface area contributed by atoms with Gasteiger partial charge in [-0.3, -0.25) is 14.3 Å². The fraction of sp³-hybridized carbons (Fsp3) is 0.207. The van der Waals surface area contributed by atoms with Gasteiger partial charge < -0.3 is 15.6 Å². The quantitative estimate of drug-likeness (QED) is 0.238. The number of hydrogen-bond donors (Lipinski definition) is 2. The Labute approximate surface area is 236 Å². The molecular weight excluding hydrogens is 554 g/mol. The molecule has 1 atom stereocenters. The van der Waals surface area contributed by atoms with E-state index in [1.807, 2.05) is 13.8 Å². The van der Waals surface area contributed by atoms with E-state index in [0.717, 1.165) is 17.8 Å². The molecule has 5 aromatic rings. The Hall–Kier alpha value is -5.07. The Morgan fingerprint density at radius 2 is 1.55 bits per heavy atom. The first-order chi connectivity index (χ1) is 19.8. The summed E-state index contributed by atoms with van der Waals surface area (Å²) in [6, 6.07) is 9.53. The van der Waals surface area contributed by atoms with Crippen LogP contribution in [-0.2, 0) is 0 Å². The molecular formula is C29H25F4N7O2. The second-order valence-electron chi connectivity index (χ2n) is 9.96. The SMILES string of the molecule is CC(C)n1cc(-c2ccc(F)cc2)c(=O)c(C(=O)Nc2ccc(-c3cn(C(C)C(F)(F)F)c4ncnc(N)c34)cc2)n1. The lowest BCUT2D eigenvalue weighted by Gasteiger charge is -2.17. The van der Waals surface area contributed by atoms with Gasteiger partial charge in [0.1, 0.15) is 29.7 Å². The third-order valence-electron chi connectivity index (χ3n) is 6.82. The number of nitrogen functional groups attached to an aromatic ring is 1. The third-order valence-corrected chi connectivity index (χ3v) is 6.82. The van der Waals surface area contributed by atoms with E-state index in [2.05, 4.69) is 20.4 Å². The van der Waals surface area contributed by atoms with Crippen LogP contribution in [0.1, 0.15) is 43.3 Å². The zero-order valence-corrected chi connectivity index (χ0v) is 22.6. The summed E-state index contributed by atoms with van der Waals surface area (Å²) in [6.07, 6.45) is -0.586. The second kappa shape index (κ2) is 10.7. The maximum atomic E-state index is 13.5. The van der Waals surface area contributed by atoms with Crippen LogP contribution in [0.2, 0.25) is 0 Å². The van der Waals surface area contributed by atoms with E-state index in [4.69, 9.17) is 5.73 Å². The van der Waals surface area contributed by atoms with Gasteiger partial charge in [-0.05, 0) is 56.2 Å². The Bertz CT molecular complexity index is 1840. The standard InChI is InChI=1S/C29H25F4N7O2/c1-15(2)40-13-22(18-4-8-19(30)9-5-18)25(41)24(38-40)28(42)37-20-10-6-17(7-11-20)21-12-39(16(3)29(31,32)33)27-23(21)26(34)35-14-36-27/h4-16H,1-3H3,(H,37,42)(H2,34,35,36). The van der Waals surface area contributed by atoms with Crippen molar-refractivity contribution in [1.82, 2.24) is 24.3 Å². The molecule has 3 heterocycles. The number of rotatable bonds is 6. The zero-order valence-electron chi connectivity index (χ0n) is 22.6. The second-order valence-corrected chi connectivity index (χ2v) is 9.96. The van der Waals surface area contributed by atoms with Crippen molar-refractivity contribution in [1.29, 1.82) is 0 Å². The van der Waals surface area contributed by atoms with Crippen LogP contribution in [0.4, 0.5) is 29.1 Å². The molecule has 0 aliphatic carbocycles. The first-order valence-corrected chi connectivity index (χ1v) is 12.8. The Balaban J connectivity index is 1.48. The van der Waals surface area contributed by atoms with Gasteiger partial charge in [-0.15, -0.1) is 0 Å². The summed E-state index contributed by atoms with van der Waals surface area (Å²) in [6.45, 7) is 4.68. The van der Waals surface area contributed by atoms with Crippen LogP contribution >= 0.6 is 0 Å². The van der Waals surface area contributed by atoms with Gasteiger partial charge >= 0.3 is 6.18 Å². The van der Waals surface area contributed by atoms with Crippen molar-refractivity contribution in [2.45, 2.75) is 39.0 Å². The number of aromatic nitrogens is 5. The maximum absolute atomic E-state index is 13.5. The molecule has 5 rings (SSSR count). The lowest BCUT2D eigenvalue weighted by atomic mass is 10.1. The van der Waals surface area contributed by atoms with Crippen molar-refractivity contribution < 1.29 is 22.4 Å². The average Bonchev–Trinajstić information content (AvgIpc) is 3.34. The molecule has 0 spiro atoms. The molecule has 13 heteroatoms. The number of fused-ring (bicyclic) bond motifs is 1. The number of alkyl halides is 3. The molecule has 0 aliphatic rings. The molecule has 0 saturated carbocycles. The maximum Gasteiger partial charge on any atom is 0.408 e. The zero-order chi connectivity index (χ0) is 30.3. The molecule has 216 valence electrons. The number of nitrogens with zero attached hydrogens (tertiary/aromatic N) is 5. The van der Waals surface area contributed by atoms with Crippen LogP contribution in [0.25, 0.3) is 33.3 Å². The number of amides is 1. The molecule has 0 bridgehead atoms.